The molecule has 0 atom stereocenters. The molecule has 2 aromatic rings. The van der Waals surface area contributed by atoms with E-state index in [1.165, 1.54) is 10.4 Å². The van der Waals surface area contributed by atoms with Gasteiger partial charge < -0.3 is 4.90 Å². The molecule has 0 unspecified atom stereocenters. The highest BCUT2D eigenvalue weighted by atomic mass is 32.2. The summed E-state index contributed by atoms with van der Waals surface area (Å²) in [6.07, 6.45) is -4.59. The van der Waals surface area contributed by atoms with Gasteiger partial charge in [0.2, 0.25) is 10.0 Å². The molecule has 28 heavy (non-hydrogen) atoms. The van der Waals surface area contributed by atoms with Crippen molar-refractivity contribution in [1.82, 2.24) is 4.31 Å². The van der Waals surface area contributed by atoms with Gasteiger partial charge >= 0.3 is 6.18 Å². The summed E-state index contributed by atoms with van der Waals surface area (Å²) in [4.78, 5) is 0.818. The molecule has 0 amide bonds. The van der Waals surface area contributed by atoms with E-state index in [4.69, 9.17) is 5.26 Å². The lowest BCUT2D eigenvalue weighted by molar-refractivity contribution is -0.917. The van der Waals surface area contributed by atoms with Crippen LogP contribution in [-0.2, 0) is 22.7 Å². The molecule has 0 saturated carbocycles. The quantitative estimate of drug-likeness (QED) is 0.834. The zero-order valence-corrected chi connectivity index (χ0v) is 15.7. The summed E-state index contributed by atoms with van der Waals surface area (Å²) in [5.41, 5.74) is 0.584. The van der Waals surface area contributed by atoms with Crippen molar-refractivity contribution in [1.29, 1.82) is 5.26 Å². The molecular weight excluding hydrogens is 391 g/mol. The number of piperazine rings is 1. The molecule has 1 aliphatic heterocycles. The molecule has 2 aromatic carbocycles. The highest BCUT2D eigenvalue weighted by molar-refractivity contribution is 7.89. The first-order chi connectivity index (χ1) is 13.2. The van der Waals surface area contributed by atoms with E-state index in [-0.39, 0.29) is 18.0 Å². The van der Waals surface area contributed by atoms with Gasteiger partial charge in [0.15, 0.2) is 0 Å². The van der Waals surface area contributed by atoms with E-state index in [1.54, 1.807) is 12.1 Å². The molecule has 0 bridgehead atoms. The number of hydrogen-bond acceptors (Lipinski definition) is 3. The Labute approximate surface area is 161 Å². The van der Waals surface area contributed by atoms with Crippen LogP contribution in [0.1, 0.15) is 16.7 Å². The molecule has 0 radical (unpaired) electrons. The highest BCUT2D eigenvalue weighted by Gasteiger charge is 2.34. The number of alkyl halides is 3. The Morgan fingerprint density at radius 2 is 1.75 bits per heavy atom. The van der Waals surface area contributed by atoms with Crippen LogP contribution >= 0.6 is 0 Å². The lowest BCUT2D eigenvalue weighted by Crippen LogP contribution is -3.13. The van der Waals surface area contributed by atoms with Crippen molar-refractivity contribution in [2.45, 2.75) is 17.6 Å². The summed E-state index contributed by atoms with van der Waals surface area (Å²) in [6.45, 7) is 2.19. The normalized spacial score (nSPS) is 16.6. The van der Waals surface area contributed by atoms with E-state index in [9.17, 15) is 21.6 Å². The second-order valence-corrected chi connectivity index (χ2v) is 8.61. The molecule has 9 heteroatoms. The Bertz CT molecular complexity index is 992. The predicted molar refractivity (Wildman–Crippen MR) is 95.8 cm³/mol. The van der Waals surface area contributed by atoms with E-state index in [1.807, 2.05) is 12.1 Å². The van der Waals surface area contributed by atoms with E-state index in [0.29, 0.717) is 31.3 Å². The number of nitriles is 1. The number of halogens is 3. The first-order valence-corrected chi connectivity index (χ1v) is 10.1. The third-order valence-corrected chi connectivity index (χ3v) is 6.63. The van der Waals surface area contributed by atoms with Crippen LogP contribution in [-0.4, -0.2) is 38.9 Å². The van der Waals surface area contributed by atoms with Gasteiger partial charge in [-0.2, -0.15) is 22.7 Å². The van der Waals surface area contributed by atoms with Crippen LogP contribution in [0.2, 0.25) is 0 Å². The van der Waals surface area contributed by atoms with Crippen molar-refractivity contribution < 1.29 is 26.5 Å². The number of benzene rings is 2. The van der Waals surface area contributed by atoms with Gasteiger partial charge in [-0.05, 0) is 30.3 Å². The third kappa shape index (κ3) is 4.52. The molecule has 0 aromatic heterocycles. The summed E-state index contributed by atoms with van der Waals surface area (Å²) < 4.78 is 65.3. The topological polar surface area (TPSA) is 65.6 Å². The third-order valence-electron chi connectivity index (χ3n) is 4.74. The number of nitrogens with one attached hydrogen (secondary N) is 1. The average Bonchev–Trinajstić information content (AvgIpc) is 2.68. The summed E-state index contributed by atoms with van der Waals surface area (Å²) in [7, 11) is -3.97. The maximum absolute atomic E-state index is 12.9. The summed E-state index contributed by atoms with van der Waals surface area (Å²) in [5, 5.41) is 8.97. The van der Waals surface area contributed by atoms with Crippen molar-refractivity contribution >= 4 is 10.0 Å². The van der Waals surface area contributed by atoms with E-state index in [0.717, 1.165) is 22.6 Å². The molecule has 1 N–H and O–H groups in total. The minimum absolute atomic E-state index is 0.228. The van der Waals surface area contributed by atoms with Gasteiger partial charge in [0.1, 0.15) is 6.54 Å². The Morgan fingerprint density at radius 1 is 1.07 bits per heavy atom. The number of nitrogens with zero attached hydrogens (tertiary/aromatic N) is 2. The fourth-order valence-corrected chi connectivity index (χ4v) is 4.73. The molecule has 0 spiro atoms. The van der Waals surface area contributed by atoms with Crippen LogP contribution < -0.4 is 4.90 Å². The number of rotatable bonds is 4. The summed E-state index contributed by atoms with van der Waals surface area (Å²) >= 11 is 0. The molecular formula is C19H19F3N3O2S+. The van der Waals surface area contributed by atoms with Crippen LogP contribution in [0.15, 0.2) is 53.4 Å². The van der Waals surface area contributed by atoms with Crippen LogP contribution in [0.4, 0.5) is 13.2 Å². The van der Waals surface area contributed by atoms with Crippen molar-refractivity contribution in [3.05, 3.63) is 65.2 Å². The molecule has 148 valence electrons. The van der Waals surface area contributed by atoms with E-state index < -0.39 is 21.8 Å². The van der Waals surface area contributed by atoms with Gasteiger partial charge in [0.05, 0.1) is 48.3 Å². The van der Waals surface area contributed by atoms with Gasteiger partial charge in [-0.25, -0.2) is 8.42 Å². The monoisotopic (exact) mass is 410 g/mol. The Kier molecular flexibility index (Phi) is 5.74. The van der Waals surface area contributed by atoms with E-state index in [2.05, 4.69) is 6.07 Å². The fourth-order valence-electron chi connectivity index (χ4n) is 3.24. The minimum atomic E-state index is -4.59. The van der Waals surface area contributed by atoms with Crippen LogP contribution in [0.5, 0.6) is 0 Å². The Morgan fingerprint density at radius 3 is 2.39 bits per heavy atom. The fraction of sp³-hybridized carbons (Fsp3) is 0.316. The Balaban J connectivity index is 1.68. The molecule has 3 rings (SSSR count). The zero-order valence-electron chi connectivity index (χ0n) is 14.9. The van der Waals surface area contributed by atoms with Crippen LogP contribution in [0.25, 0.3) is 0 Å². The number of sulfonamides is 1. The summed E-state index contributed by atoms with van der Waals surface area (Å²) in [5.74, 6) is 0. The molecule has 1 heterocycles. The Hall–Kier alpha value is -2.41. The maximum Gasteiger partial charge on any atom is 0.416 e. The molecule has 0 aliphatic carbocycles. The molecule has 5 nitrogen and oxygen atoms in total. The number of quaternary nitrogens is 1. The zero-order chi connectivity index (χ0) is 20.4. The highest BCUT2D eigenvalue weighted by Crippen LogP contribution is 2.31. The van der Waals surface area contributed by atoms with Gasteiger partial charge in [-0.15, -0.1) is 0 Å². The van der Waals surface area contributed by atoms with Crippen molar-refractivity contribution in [2.24, 2.45) is 0 Å². The lowest BCUT2D eigenvalue weighted by Gasteiger charge is -2.31. The van der Waals surface area contributed by atoms with Crippen LogP contribution in [0, 0.1) is 11.3 Å². The summed E-state index contributed by atoms with van der Waals surface area (Å²) in [6, 6.07) is 13.2. The average molecular weight is 410 g/mol. The second-order valence-electron chi connectivity index (χ2n) is 6.67. The largest absolute Gasteiger partial charge is 0.416 e. The predicted octanol–water partition coefficient (Wildman–Crippen LogP) is 1.67. The number of hydrogen-bond donors (Lipinski definition) is 1. The van der Waals surface area contributed by atoms with Crippen molar-refractivity contribution in [3.63, 3.8) is 0 Å². The smallest absolute Gasteiger partial charge is 0.329 e. The maximum atomic E-state index is 12.9. The molecule has 1 saturated heterocycles. The second kappa shape index (κ2) is 7.91. The molecule has 1 fully saturated rings. The molecule has 1 aliphatic rings. The van der Waals surface area contributed by atoms with Crippen LogP contribution in [0.3, 0.4) is 0 Å². The van der Waals surface area contributed by atoms with Gasteiger partial charge in [-0.1, -0.05) is 18.2 Å². The standard InChI is InChI=1S/C19H18F3N3O2S/c20-19(21,22)17-5-2-6-18(12-17)28(26,27)25-9-7-24(8-10-25)14-16-4-1-3-15(11-16)13-23/h1-6,11-12H,7-10,14H2/p+1. The minimum Gasteiger partial charge on any atom is -0.329 e. The van der Waals surface area contributed by atoms with Crippen molar-refractivity contribution in [3.8, 4) is 6.07 Å². The van der Waals surface area contributed by atoms with E-state index >= 15 is 0 Å². The van der Waals surface area contributed by atoms with Gasteiger partial charge in [-0.3, -0.25) is 0 Å². The first-order valence-electron chi connectivity index (χ1n) is 8.70. The first kappa shape index (κ1) is 20.3. The lowest BCUT2D eigenvalue weighted by atomic mass is 10.1. The SMILES string of the molecule is N#Cc1cccc(C[NH+]2CCN(S(=O)(=O)c3cccc(C(F)(F)F)c3)CC2)c1. The van der Waals surface area contributed by atoms with Gasteiger partial charge in [0, 0.05) is 5.56 Å². The van der Waals surface area contributed by atoms with Crippen molar-refractivity contribution in [2.75, 3.05) is 26.2 Å². The van der Waals surface area contributed by atoms with Gasteiger partial charge in [0.25, 0.3) is 0 Å².